The molecule has 0 bridgehead atoms. The summed E-state index contributed by atoms with van der Waals surface area (Å²) in [6.45, 7) is 6.15. The molecule has 0 saturated carbocycles. The maximum absolute atomic E-state index is 13.2. The van der Waals surface area contributed by atoms with E-state index in [0.29, 0.717) is 20.9 Å². The Labute approximate surface area is 125 Å². The van der Waals surface area contributed by atoms with Crippen LogP contribution in [0.5, 0.6) is 0 Å². The topological polar surface area (TPSA) is 28.7 Å². The van der Waals surface area contributed by atoms with Gasteiger partial charge in [-0.2, -0.15) is 0 Å². The number of aryl methyl sites for hydroxylation is 1. The molecule has 2 nitrogen and oxygen atoms in total. The van der Waals surface area contributed by atoms with Gasteiger partial charge >= 0.3 is 0 Å². The minimum absolute atomic E-state index is 0.294. The van der Waals surface area contributed by atoms with Crippen LogP contribution < -0.4 is 0 Å². The van der Waals surface area contributed by atoms with Gasteiger partial charge in [0, 0.05) is 16.8 Å². The number of nitrogens with zero attached hydrogens (tertiary/aromatic N) is 1. The van der Waals surface area contributed by atoms with Crippen LogP contribution in [0, 0.1) is 17.4 Å². The SMILES string of the molecule is Cc1[nH]c(-c2ccc(F)c(Br)c2)nc(=S)c1C(C)C. The molecule has 1 N–H and O–H groups in total. The van der Waals surface area contributed by atoms with E-state index in [4.69, 9.17) is 12.2 Å². The fraction of sp³-hybridized carbons (Fsp3) is 0.286. The molecular formula is C14H14BrFN2S. The quantitative estimate of drug-likeness (QED) is 0.766. The third kappa shape index (κ3) is 2.92. The first-order valence-corrected chi connectivity index (χ1v) is 7.16. The Morgan fingerprint density at radius 2 is 2.05 bits per heavy atom. The van der Waals surface area contributed by atoms with E-state index in [9.17, 15) is 4.39 Å². The largest absolute Gasteiger partial charge is 0.343 e. The number of rotatable bonds is 2. The van der Waals surface area contributed by atoms with Gasteiger partial charge in [0.15, 0.2) is 0 Å². The van der Waals surface area contributed by atoms with E-state index in [1.165, 1.54) is 6.07 Å². The molecule has 2 aromatic rings. The van der Waals surface area contributed by atoms with Crippen LogP contribution >= 0.6 is 28.1 Å². The predicted octanol–water partition coefficient (Wildman–Crippen LogP) is 5.14. The Balaban J connectivity index is 2.58. The number of aromatic amines is 1. The van der Waals surface area contributed by atoms with E-state index in [2.05, 4.69) is 39.7 Å². The molecule has 0 amide bonds. The van der Waals surface area contributed by atoms with Crippen molar-refractivity contribution in [3.05, 3.63) is 44.4 Å². The molecule has 1 heterocycles. The summed E-state index contributed by atoms with van der Waals surface area (Å²) in [5.41, 5.74) is 2.86. The Morgan fingerprint density at radius 1 is 1.37 bits per heavy atom. The Hall–Kier alpha value is -1.07. The second kappa shape index (κ2) is 5.51. The van der Waals surface area contributed by atoms with E-state index in [1.807, 2.05) is 6.92 Å². The van der Waals surface area contributed by atoms with Crippen molar-refractivity contribution in [3.63, 3.8) is 0 Å². The average Bonchev–Trinajstić information content (AvgIpc) is 2.31. The van der Waals surface area contributed by atoms with Crippen molar-refractivity contribution in [2.24, 2.45) is 0 Å². The number of hydrogen-bond acceptors (Lipinski definition) is 2. The summed E-state index contributed by atoms with van der Waals surface area (Å²) >= 11 is 8.52. The zero-order valence-corrected chi connectivity index (χ0v) is 13.3. The number of H-pyrrole nitrogens is 1. The summed E-state index contributed by atoms with van der Waals surface area (Å²) in [5, 5.41) is 0. The zero-order valence-electron chi connectivity index (χ0n) is 10.9. The first-order valence-electron chi connectivity index (χ1n) is 5.96. The van der Waals surface area contributed by atoms with Crippen LogP contribution in [0.1, 0.15) is 31.0 Å². The third-order valence-electron chi connectivity index (χ3n) is 2.92. The fourth-order valence-corrected chi connectivity index (χ4v) is 2.91. The molecule has 0 aliphatic rings. The number of aromatic nitrogens is 2. The Morgan fingerprint density at radius 3 is 2.58 bits per heavy atom. The van der Waals surface area contributed by atoms with Crippen molar-refractivity contribution in [3.8, 4) is 11.4 Å². The van der Waals surface area contributed by atoms with Crippen molar-refractivity contribution in [1.29, 1.82) is 0 Å². The van der Waals surface area contributed by atoms with Crippen molar-refractivity contribution in [1.82, 2.24) is 9.97 Å². The van der Waals surface area contributed by atoms with Crippen LogP contribution in [0.3, 0.4) is 0 Å². The zero-order chi connectivity index (χ0) is 14.2. The lowest BCUT2D eigenvalue weighted by molar-refractivity contribution is 0.621. The van der Waals surface area contributed by atoms with Crippen LogP contribution in [0.2, 0.25) is 0 Å². The van der Waals surface area contributed by atoms with Gasteiger partial charge in [0.2, 0.25) is 0 Å². The second-order valence-electron chi connectivity index (χ2n) is 4.71. The van der Waals surface area contributed by atoms with Crippen molar-refractivity contribution in [2.75, 3.05) is 0 Å². The summed E-state index contributed by atoms with van der Waals surface area (Å²) in [5.74, 6) is 0.690. The molecule has 1 aromatic heterocycles. The summed E-state index contributed by atoms with van der Waals surface area (Å²) in [6, 6.07) is 4.78. The summed E-state index contributed by atoms with van der Waals surface area (Å²) < 4.78 is 14.3. The summed E-state index contributed by atoms with van der Waals surface area (Å²) in [7, 11) is 0. The summed E-state index contributed by atoms with van der Waals surface area (Å²) in [6.07, 6.45) is 0. The first kappa shape index (κ1) is 14.3. The molecule has 0 unspecified atom stereocenters. The van der Waals surface area contributed by atoms with Gasteiger partial charge in [-0.25, -0.2) is 9.37 Å². The maximum Gasteiger partial charge on any atom is 0.139 e. The molecule has 0 fully saturated rings. The van der Waals surface area contributed by atoms with Gasteiger partial charge in [0.25, 0.3) is 0 Å². The molecule has 5 heteroatoms. The highest BCUT2D eigenvalue weighted by atomic mass is 79.9. The van der Waals surface area contributed by atoms with Gasteiger partial charge in [-0.15, -0.1) is 0 Å². The summed E-state index contributed by atoms with van der Waals surface area (Å²) in [4.78, 5) is 7.65. The molecule has 0 aliphatic carbocycles. The number of nitrogens with one attached hydrogen (secondary N) is 1. The molecule has 0 spiro atoms. The lowest BCUT2D eigenvalue weighted by Crippen LogP contribution is -2.01. The van der Waals surface area contributed by atoms with Crippen LogP contribution in [0.25, 0.3) is 11.4 Å². The molecule has 19 heavy (non-hydrogen) atoms. The van der Waals surface area contributed by atoms with Gasteiger partial charge in [0.05, 0.1) is 4.47 Å². The van der Waals surface area contributed by atoms with Gasteiger partial charge < -0.3 is 4.98 Å². The molecule has 0 saturated heterocycles. The van der Waals surface area contributed by atoms with Crippen LogP contribution in [-0.4, -0.2) is 9.97 Å². The van der Waals surface area contributed by atoms with Crippen molar-refractivity contribution >= 4 is 28.1 Å². The van der Waals surface area contributed by atoms with E-state index >= 15 is 0 Å². The predicted molar refractivity (Wildman–Crippen MR) is 81.3 cm³/mol. The highest BCUT2D eigenvalue weighted by Gasteiger charge is 2.11. The fourth-order valence-electron chi connectivity index (χ4n) is 2.06. The van der Waals surface area contributed by atoms with E-state index in [0.717, 1.165) is 16.8 Å². The molecule has 2 rings (SSSR count). The molecule has 100 valence electrons. The highest BCUT2D eigenvalue weighted by Crippen LogP contribution is 2.25. The minimum atomic E-state index is -0.294. The van der Waals surface area contributed by atoms with E-state index < -0.39 is 0 Å². The number of hydrogen-bond donors (Lipinski definition) is 1. The van der Waals surface area contributed by atoms with Gasteiger partial charge in [0.1, 0.15) is 16.3 Å². The lowest BCUT2D eigenvalue weighted by atomic mass is 10.0. The number of benzene rings is 1. The van der Waals surface area contributed by atoms with Crippen molar-refractivity contribution < 1.29 is 4.39 Å². The molecule has 0 atom stereocenters. The monoisotopic (exact) mass is 340 g/mol. The first-order chi connectivity index (χ1) is 8.90. The maximum atomic E-state index is 13.2. The third-order valence-corrected chi connectivity index (χ3v) is 3.84. The molecule has 0 aliphatic heterocycles. The van der Waals surface area contributed by atoms with Gasteiger partial charge in [-0.05, 0) is 47.0 Å². The van der Waals surface area contributed by atoms with Gasteiger partial charge in [-0.1, -0.05) is 26.1 Å². The normalized spacial score (nSPS) is 11.1. The number of halogens is 2. The van der Waals surface area contributed by atoms with Crippen LogP contribution in [0.4, 0.5) is 4.39 Å². The molecule has 0 radical (unpaired) electrons. The Bertz CT molecular complexity index is 680. The second-order valence-corrected chi connectivity index (χ2v) is 5.95. The van der Waals surface area contributed by atoms with Crippen LogP contribution in [0.15, 0.2) is 22.7 Å². The van der Waals surface area contributed by atoms with E-state index in [1.54, 1.807) is 12.1 Å². The standard InChI is InChI=1S/C14H14BrFN2S/c1-7(2)12-8(3)17-13(18-14(12)19)9-4-5-11(16)10(15)6-9/h4-7H,1-3H3,(H,17,18,19). The lowest BCUT2D eigenvalue weighted by Gasteiger charge is -2.12. The molecule has 1 aromatic carbocycles. The van der Waals surface area contributed by atoms with Gasteiger partial charge in [-0.3, -0.25) is 0 Å². The minimum Gasteiger partial charge on any atom is -0.343 e. The molecular weight excluding hydrogens is 327 g/mol. The average molecular weight is 341 g/mol. The van der Waals surface area contributed by atoms with E-state index in [-0.39, 0.29) is 5.82 Å². The highest BCUT2D eigenvalue weighted by molar-refractivity contribution is 9.10. The van der Waals surface area contributed by atoms with Crippen LogP contribution in [-0.2, 0) is 0 Å². The Kier molecular flexibility index (Phi) is 4.16. The van der Waals surface area contributed by atoms with Crippen molar-refractivity contribution in [2.45, 2.75) is 26.7 Å². The smallest absolute Gasteiger partial charge is 0.139 e.